The highest BCUT2D eigenvalue weighted by molar-refractivity contribution is 5.30. The van der Waals surface area contributed by atoms with E-state index in [2.05, 4.69) is 25.4 Å². The van der Waals surface area contributed by atoms with E-state index in [-0.39, 0.29) is 0 Å². The highest BCUT2D eigenvalue weighted by Gasteiger charge is 2.07. The van der Waals surface area contributed by atoms with Gasteiger partial charge in [0.05, 0.1) is 12.2 Å². The van der Waals surface area contributed by atoms with Crippen molar-refractivity contribution in [3.63, 3.8) is 0 Å². The highest BCUT2D eigenvalue weighted by Crippen LogP contribution is 2.18. The zero-order chi connectivity index (χ0) is 11.2. The molecule has 0 aliphatic carbocycles. The maximum atomic E-state index is 4.39. The number of aryl methyl sites for hydroxylation is 2. The minimum atomic E-state index is 0.604. The fourth-order valence-corrected chi connectivity index (χ4v) is 1.81. The lowest BCUT2D eigenvalue weighted by Gasteiger charge is -2.02. The first-order chi connectivity index (χ1) is 7.86. The predicted octanol–water partition coefficient (Wildman–Crippen LogP) is 2.77. The summed E-state index contributed by atoms with van der Waals surface area (Å²) < 4.78 is 0. The number of nitrogens with zero attached hydrogens (tertiary/aromatic N) is 5. The van der Waals surface area contributed by atoms with Crippen LogP contribution in [0.3, 0.4) is 0 Å². The van der Waals surface area contributed by atoms with E-state index in [1.54, 1.807) is 0 Å². The second kappa shape index (κ2) is 5.63. The normalized spacial score (nSPS) is 19.6. The second-order valence-corrected chi connectivity index (χ2v) is 4.11. The first-order valence-corrected chi connectivity index (χ1v) is 5.94. The SMILES string of the molecule is Cc1nnc2c(n1)CCCCCCC/N=N\2. The van der Waals surface area contributed by atoms with E-state index in [0.717, 1.165) is 31.5 Å². The molecule has 16 heavy (non-hydrogen) atoms. The minimum Gasteiger partial charge on any atom is -0.232 e. The van der Waals surface area contributed by atoms with Crippen LogP contribution in [-0.4, -0.2) is 21.7 Å². The number of aromatic nitrogens is 3. The summed E-state index contributed by atoms with van der Waals surface area (Å²) in [6.07, 6.45) is 6.98. The summed E-state index contributed by atoms with van der Waals surface area (Å²) in [5.41, 5.74) is 0.943. The lowest BCUT2D eigenvalue weighted by atomic mass is 10.1. The molecule has 0 saturated carbocycles. The fourth-order valence-electron chi connectivity index (χ4n) is 1.81. The molecule has 0 bridgehead atoms. The van der Waals surface area contributed by atoms with Crippen LogP contribution in [0.1, 0.15) is 43.6 Å². The van der Waals surface area contributed by atoms with Gasteiger partial charge in [-0.05, 0) is 26.2 Å². The first-order valence-electron chi connectivity index (χ1n) is 5.94. The van der Waals surface area contributed by atoms with Gasteiger partial charge in [-0.25, -0.2) is 4.98 Å². The third-order valence-electron chi connectivity index (χ3n) is 2.68. The molecule has 5 nitrogen and oxygen atoms in total. The van der Waals surface area contributed by atoms with Crippen molar-refractivity contribution < 1.29 is 0 Å². The zero-order valence-electron chi connectivity index (χ0n) is 9.69. The van der Waals surface area contributed by atoms with Crippen molar-refractivity contribution in [2.24, 2.45) is 10.2 Å². The van der Waals surface area contributed by atoms with Crippen LogP contribution in [0.5, 0.6) is 0 Å². The molecular weight excluding hydrogens is 202 g/mol. The lowest BCUT2D eigenvalue weighted by molar-refractivity contribution is 0.615. The Morgan fingerprint density at radius 1 is 0.938 bits per heavy atom. The third-order valence-corrected chi connectivity index (χ3v) is 2.68. The van der Waals surface area contributed by atoms with Crippen LogP contribution in [0.25, 0.3) is 0 Å². The number of hydrogen-bond acceptors (Lipinski definition) is 5. The second-order valence-electron chi connectivity index (χ2n) is 4.11. The molecule has 0 atom stereocenters. The van der Waals surface area contributed by atoms with Gasteiger partial charge in [0.25, 0.3) is 0 Å². The summed E-state index contributed by atoms with van der Waals surface area (Å²) >= 11 is 0. The van der Waals surface area contributed by atoms with E-state index in [4.69, 9.17) is 0 Å². The summed E-state index contributed by atoms with van der Waals surface area (Å²) in [5.74, 6) is 1.32. The van der Waals surface area contributed by atoms with Crippen LogP contribution >= 0.6 is 0 Å². The molecule has 0 N–H and O–H groups in total. The topological polar surface area (TPSA) is 63.4 Å². The maximum Gasteiger partial charge on any atom is 0.217 e. The first kappa shape index (κ1) is 11.1. The predicted molar refractivity (Wildman–Crippen MR) is 60.7 cm³/mol. The summed E-state index contributed by atoms with van der Waals surface area (Å²) in [4.78, 5) is 4.39. The Bertz CT molecular complexity index is 375. The Morgan fingerprint density at radius 2 is 1.75 bits per heavy atom. The summed E-state index contributed by atoms with van der Waals surface area (Å²) in [5, 5.41) is 16.2. The minimum absolute atomic E-state index is 0.604. The molecule has 86 valence electrons. The van der Waals surface area contributed by atoms with Crippen LogP contribution in [0.2, 0.25) is 0 Å². The van der Waals surface area contributed by atoms with Crippen LogP contribution < -0.4 is 0 Å². The van der Waals surface area contributed by atoms with Crippen molar-refractivity contribution in [2.75, 3.05) is 6.54 Å². The standard InChI is InChI=1S/C11H17N5/c1-9-13-10-7-5-3-2-4-6-8-12-15-11(10)16-14-9/h2-8H2,1H3/b15-12-. The summed E-state index contributed by atoms with van der Waals surface area (Å²) in [6, 6.07) is 0. The molecule has 0 saturated heterocycles. The van der Waals surface area contributed by atoms with Crippen molar-refractivity contribution >= 4 is 5.82 Å². The van der Waals surface area contributed by atoms with Gasteiger partial charge in [0.2, 0.25) is 5.82 Å². The highest BCUT2D eigenvalue weighted by atomic mass is 15.2. The smallest absolute Gasteiger partial charge is 0.217 e. The molecule has 1 aromatic rings. The van der Waals surface area contributed by atoms with Gasteiger partial charge in [-0.1, -0.05) is 19.3 Å². The Hall–Kier alpha value is -1.39. The Labute approximate surface area is 95.4 Å². The lowest BCUT2D eigenvalue weighted by Crippen LogP contribution is -1.99. The molecule has 0 spiro atoms. The van der Waals surface area contributed by atoms with Crippen LogP contribution in [0.15, 0.2) is 10.2 Å². The van der Waals surface area contributed by atoms with E-state index < -0.39 is 0 Å². The molecule has 0 unspecified atom stereocenters. The molecule has 0 amide bonds. The quantitative estimate of drug-likeness (QED) is 0.674. The molecule has 2 heterocycles. The van der Waals surface area contributed by atoms with Gasteiger partial charge in [0.15, 0.2) is 0 Å². The number of hydrogen-bond donors (Lipinski definition) is 0. The monoisotopic (exact) mass is 219 g/mol. The average Bonchev–Trinajstić information content (AvgIpc) is 2.33. The summed E-state index contributed by atoms with van der Waals surface area (Å²) in [6.45, 7) is 2.64. The number of rotatable bonds is 0. The van der Waals surface area contributed by atoms with E-state index >= 15 is 0 Å². The molecule has 0 fully saturated rings. The van der Waals surface area contributed by atoms with Crippen LogP contribution in [0.4, 0.5) is 5.82 Å². The van der Waals surface area contributed by atoms with Gasteiger partial charge in [-0.3, -0.25) is 0 Å². The van der Waals surface area contributed by atoms with Gasteiger partial charge in [0.1, 0.15) is 5.82 Å². The van der Waals surface area contributed by atoms with E-state index in [9.17, 15) is 0 Å². The largest absolute Gasteiger partial charge is 0.232 e. The molecule has 0 radical (unpaired) electrons. The van der Waals surface area contributed by atoms with Gasteiger partial charge in [0, 0.05) is 0 Å². The third kappa shape index (κ3) is 3.05. The van der Waals surface area contributed by atoms with Crippen LogP contribution in [0, 0.1) is 6.92 Å². The van der Waals surface area contributed by atoms with Gasteiger partial charge in [-0.2, -0.15) is 5.11 Å². The van der Waals surface area contributed by atoms with Crippen molar-refractivity contribution in [2.45, 2.75) is 45.4 Å². The van der Waals surface area contributed by atoms with Gasteiger partial charge in [-0.15, -0.1) is 15.3 Å². The van der Waals surface area contributed by atoms with E-state index in [1.165, 1.54) is 19.3 Å². The molecule has 5 heteroatoms. The van der Waals surface area contributed by atoms with Crippen molar-refractivity contribution in [1.82, 2.24) is 15.2 Å². The Balaban J connectivity index is 2.20. The maximum absolute atomic E-state index is 4.39. The van der Waals surface area contributed by atoms with Crippen LogP contribution in [-0.2, 0) is 6.42 Å². The molecule has 0 aromatic carbocycles. The molecule has 1 aromatic heterocycles. The van der Waals surface area contributed by atoms with Crippen molar-refractivity contribution in [3.8, 4) is 0 Å². The number of fused-ring (bicyclic) bond motifs is 1. The molecule has 1 aliphatic rings. The average molecular weight is 219 g/mol. The van der Waals surface area contributed by atoms with E-state index in [0.29, 0.717) is 11.6 Å². The zero-order valence-corrected chi connectivity index (χ0v) is 9.69. The Kier molecular flexibility index (Phi) is 3.91. The molecule has 2 rings (SSSR count). The Morgan fingerprint density at radius 3 is 2.69 bits per heavy atom. The molecular formula is C11H17N5. The van der Waals surface area contributed by atoms with E-state index in [1.807, 2.05) is 6.92 Å². The number of azo groups is 1. The fraction of sp³-hybridized carbons (Fsp3) is 0.727. The van der Waals surface area contributed by atoms with Crippen molar-refractivity contribution in [1.29, 1.82) is 0 Å². The van der Waals surface area contributed by atoms with Crippen molar-refractivity contribution in [3.05, 3.63) is 11.5 Å². The van der Waals surface area contributed by atoms with Gasteiger partial charge >= 0.3 is 0 Å². The van der Waals surface area contributed by atoms with Gasteiger partial charge < -0.3 is 0 Å². The molecule has 1 aliphatic heterocycles. The summed E-state index contributed by atoms with van der Waals surface area (Å²) in [7, 11) is 0.